The zero-order valence-corrected chi connectivity index (χ0v) is 7.79. The number of nitrogens with zero attached hydrogens (tertiary/aromatic N) is 1. The Morgan fingerprint density at radius 2 is 2.46 bits per heavy atom. The van der Waals surface area contributed by atoms with E-state index >= 15 is 0 Å². The molecule has 2 heterocycles. The third-order valence-electron chi connectivity index (χ3n) is 2.39. The summed E-state index contributed by atoms with van der Waals surface area (Å²) in [6, 6.07) is 3.89. The Kier molecular flexibility index (Phi) is 2.45. The van der Waals surface area contributed by atoms with E-state index in [2.05, 4.69) is 10.3 Å². The molecule has 0 spiro atoms. The molecule has 70 valence electrons. The summed E-state index contributed by atoms with van der Waals surface area (Å²) in [6.45, 7) is 2.25. The first-order valence-corrected chi connectivity index (χ1v) is 4.58. The molecule has 0 bridgehead atoms. The minimum atomic E-state index is 0.764. The lowest BCUT2D eigenvalue weighted by molar-refractivity contribution is 0.343. The van der Waals surface area contributed by atoms with Crippen molar-refractivity contribution in [3.05, 3.63) is 24.0 Å². The van der Waals surface area contributed by atoms with Crippen LogP contribution in [0.25, 0.3) is 0 Å². The molecule has 0 aliphatic carbocycles. The largest absolute Gasteiger partial charge is 0.497 e. The maximum Gasteiger partial charge on any atom is 0.122 e. The van der Waals surface area contributed by atoms with Gasteiger partial charge in [0.25, 0.3) is 0 Å². The molecule has 0 aromatic carbocycles. The quantitative estimate of drug-likeness (QED) is 0.745. The summed E-state index contributed by atoms with van der Waals surface area (Å²) in [5, 5.41) is 3.25. The van der Waals surface area contributed by atoms with Gasteiger partial charge in [0.15, 0.2) is 0 Å². The van der Waals surface area contributed by atoms with E-state index in [1.807, 2.05) is 12.1 Å². The highest BCUT2D eigenvalue weighted by atomic mass is 16.5. The van der Waals surface area contributed by atoms with Gasteiger partial charge in [-0.1, -0.05) is 0 Å². The van der Waals surface area contributed by atoms with E-state index in [0.717, 1.165) is 36.9 Å². The summed E-state index contributed by atoms with van der Waals surface area (Å²) in [7, 11) is 1.68. The molecule has 1 saturated heterocycles. The lowest BCUT2D eigenvalue weighted by Gasteiger charge is -2.26. The Morgan fingerprint density at radius 1 is 1.62 bits per heavy atom. The maximum absolute atomic E-state index is 5.13. The normalized spacial score (nSPS) is 16.7. The van der Waals surface area contributed by atoms with Crippen LogP contribution in [-0.2, 0) is 6.42 Å². The van der Waals surface area contributed by atoms with Crippen LogP contribution in [0.1, 0.15) is 5.69 Å². The number of nitrogens with one attached hydrogen (secondary N) is 1. The average Bonchev–Trinajstić information content (AvgIpc) is 2.12. The first kappa shape index (κ1) is 8.51. The third kappa shape index (κ3) is 1.98. The minimum absolute atomic E-state index is 0.764. The maximum atomic E-state index is 5.13. The van der Waals surface area contributed by atoms with Gasteiger partial charge in [0.2, 0.25) is 0 Å². The molecule has 0 atom stereocenters. The Morgan fingerprint density at radius 3 is 3.08 bits per heavy atom. The van der Waals surface area contributed by atoms with Gasteiger partial charge in [-0.2, -0.15) is 0 Å². The molecule has 1 aliphatic heterocycles. The predicted molar refractivity (Wildman–Crippen MR) is 50.9 cm³/mol. The molecule has 0 unspecified atom stereocenters. The highest BCUT2D eigenvalue weighted by Gasteiger charge is 2.17. The molecule has 3 nitrogen and oxygen atoms in total. The minimum Gasteiger partial charge on any atom is -0.497 e. The van der Waals surface area contributed by atoms with Crippen LogP contribution >= 0.6 is 0 Å². The molecule has 2 rings (SSSR count). The van der Waals surface area contributed by atoms with Gasteiger partial charge in [0.1, 0.15) is 5.75 Å². The molecule has 3 heteroatoms. The Bertz CT molecular complexity index is 284. The zero-order chi connectivity index (χ0) is 9.10. The van der Waals surface area contributed by atoms with E-state index in [4.69, 9.17) is 4.74 Å². The number of rotatable bonds is 3. The van der Waals surface area contributed by atoms with Crippen LogP contribution in [-0.4, -0.2) is 25.2 Å². The van der Waals surface area contributed by atoms with E-state index in [9.17, 15) is 0 Å². The van der Waals surface area contributed by atoms with Crippen LogP contribution in [0.3, 0.4) is 0 Å². The van der Waals surface area contributed by atoms with Gasteiger partial charge >= 0.3 is 0 Å². The highest BCUT2D eigenvalue weighted by molar-refractivity contribution is 5.22. The van der Waals surface area contributed by atoms with Crippen molar-refractivity contribution in [2.75, 3.05) is 20.2 Å². The fraction of sp³-hybridized carbons (Fsp3) is 0.500. The van der Waals surface area contributed by atoms with Crippen LogP contribution in [0.5, 0.6) is 5.75 Å². The van der Waals surface area contributed by atoms with Crippen molar-refractivity contribution in [3.8, 4) is 5.75 Å². The van der Waals surface area contributed by atoms with Gasteiger partial charge in [-0.25, -0.2) is 0 Å². The number of hydrogen-bond donors (Lipinski definition) is 1. The smallest absolute Gasteiger partial charge is 0.122 e. The number of pyridine rings is 1. The monoisotopic (exact) mass is 178 g/mol. The average molecular weight is 178 g/mol. The number of aromatic nitrogens is 1. The predicted octanol–water partition coefficient (Wildman–Crippen LogP) is 0.852. The van der Waals surface area contributed by atoms with E-state index in [-0.39, 0.29) is 0 Å². The van der Waals surface area contributed by atoms with Crippen LogP contribution in [0.4, 0.5) is 0 Å². The van der Waals surface area contributed by atoms with Gasteiger partial charge in [0.05, 0.1) is 7.11 Å². The second-order valence-electron chi connectivity index (χ2n) is 3.42. The van der Waals surface area contributed by atoms with Gasteiger partial charge in [-0.05, 0) is 31.5 Å². The standard InChI is InChI=1S/C10H14N2O/c1-13-10-2-3-12-9(5-10)4-8-6-11-7-8/h2-3,5,8,11H,4,6-7H2,1H3. The molecule has 1 aromatic heterocycles. The van der Waals surface area contributed by atoms with Gasteiger partial charge in [-0.15, -0.1) is 0 Å². The van der Waals surface area contributed by atoms with Crippen molar-refractivity contribution in [2.45, 2.75) is 6.42 Å². The number of ether oxygens (including phenoxy) is 1. The SMILES string of the molecule is COc1ccnc(CC2CNC2)c1. The Labute approximate surface area is 78.1 Å². The molecule has 0 saturated carbocycles. The summed E-state index contributed by atoms with van der Waals surface area (Å²) in [6.07, 6.45) is 2.87. The van der Waals surface area contributed by atoms with Crippen LogP contribution in [0, 0.1) is 5.92 Å². The van der Waals surface area contributed by atoms with E-state index in [1.54, 1.807) is 13.3 Å². The molecule has 0 radical (unpaired) electrons. The fourth-order valence-electron chi connectivity index (χ4n) is 1.48. The van der Waals surface area contributed by atoms with Crippen molar-refractivity contribution in [3.63, 3.8) is 0 Å². The third-order valence-corrected chi connectivity index (χ3v) is 2.39. The lowest BCUT2D eigenvalue weighted by Crippen LogP contribution is -2.43. The fourth-order valence-corrected chi connectivity index (χ4v) is 1.48. The van der Waals surface area contributed by atoms with Crippen molar-refractivity contribution < 1.29 is 4.74 Å². The first-order chi connectivity index (χ1) is 6.38. The number of hydrogen-bond acceptors (Lipinski definition) is 3. The van der Waals surface area contributed by atoms with Crippen molar-refractivity contribution in [1.29, 1.82) is 0 Å². The van der Waals surface area contributed by atoms with Crippen molar-refractivity contribution >= 4 is 0 Å². The summed E-state index contributed by atoms with van der Waals surface area (Å²) in [5.41, 5.74) is 1.13. The lowest BCUT2D eigenvalue weighted by atomic mass is 9.97. The highest BCUT2D eigenvalue weighted by Crippen LogP contribution is 2.15. The van der Waals surface area contributed by atoms with Crippen LogP contribution < -0.4 is 10.1 Å². The van der Waals surface area contributed by atoms with Crippen molar-refractivity contribution in [2.24, 2.45) is 5.92 Å². The summed E-state index contributed by atoms with van der Waals surface area (Å²) >= 11 is 0. The van der Waals surface area contributed by atoms with E-state index in [0.29, 0.717) is 0 Å². The zero-order valence-electron chi connectivity index (χ0n) is 7.79. The second-order valence-corrected chi connectivity index (χ2v) is 3.42. The molecular weight excluding hydrogens is 164 g/mol. The Balaban J connectivity index is 2.01. The van der Waals surface area contributed by atoms with Gasteiger partial charge in [0, 0.05) is 18.0 Å². The van der Waals surface area contributed by atoms with Gasteiger partial charge in [-0.3, -0.25) is 4.98 Å². The molecule has 0 amide bonds. The van der Waals surface area contributed by atoms with Gasteiger partial charge < -0.3 is 10.1 Å². The van der Waals surface area contributed by atoms with Crippen LogP contribution in [0.15, 0.2) is 18.3 Å². The van der Waals surface area contributed by atoms with E-state index in [1.165, 1.54) is 0 Å². The Hall–Kier alpha value is -1.09. The molecule has 1 aromatic rings. The summed E-state index contributed by atoms with van der Waals surface area (Å²) in [4.78, 5) is 4.30. The molecule has 1 aliphatic rings. The topological polar surface area (TPSA) is 34.1 Å². The molecule has 13 heavy (non-hydrogen) atoms. The molecule has 1 N–H and O–H groups in total. The second kappa shape index (κ2) is 3.75. The summed E-state index contributed by atoms with van der Waals surface area (Å²) < 4.78 is 5.13. The van der Waals surface area contributed by atoms with Crippen molar-refractivity contribution in [1.82, 2.24) is 10.3 Å². The molecular formula is C10H14N2O. The van der Waals surface area contributed by atoms with E-state index < -0.39 is 0 Å². The van der Waals surface area contributed by atoms with Crippen LogP contribution in [0.2, 0.25) is 0 Å². The first-order valence-electron chi connectivity index (χ1n) is 4.58. The summed E-state index contributed by atoms with van der Waals surface area (Å²) in [5.74, 6) is 1.66. The molecule has 1 fully saturated rings. The number of methoxy groups -OCH3 is 1.